The van der Waals surface area contributed by atoms with Crippen LogP contribution in [0.3, 0.4) is 0 Å². The fourth-order valence-corrected chi connectivity index (χ4v) is 2.12. The zero-order valence-corrected chi connectivity index (χ0v) is 8.53. The van der Waals surface area contributed by atoms with Crippen molar-refractivity contribution in [2.24, 2.45) is 0 Å². The number of rotatable bonds is 1. The molecule has 0 saturated heterocycles. The highest BCUT2D eigenvalue weighted by Gasteiger charge is 2.12. The molecule has 1 aromatic rings. The lowest BCUT2D eigenvalue weighted by atomic mass is 10.3. The standard InChI is InChI=1S/C7H4BrNO2S/c1-11-7(10)5-2-4(3-9)6(8)12-5/h2H,1H3. The molecule has 0 spiro atoms. The van der Waals surface area contributed by atoms with Crippen LogP contribution < -0.4 is 0 Å². The number of hydrogen-bond donors (Lipinski definition) is 0. The number of carbonyl (C=O) groups is 1. The fourth-order valence-electron chi connectivity index (χ4n) is 0.646. The number of thiophene rings is 1. The van der Waals surface area contributed by atoms with E-state index in [1.165, 1.54) is 24.5 Å². The molecule has 0 fully saturated rings. The Morgan fingerprint density at radius 2 is 2.50 bits per heavy atom. The highest BCUT2D eigenvalue weighted by molar-refractivity contribution is 9.11. The van der Waals surface area contributed by atoms with E-state index in [9.17, 15) is 4.79 Å². The number of esters is 1. The topological polar surface area (TPSA) is 50.1 Å². The van der Waals surface area contributed by atoms with Crippen molar-refractivity contribution in [1.82, 2.24) is 0 Å². The Balaban J connectivity index is 3.07. The van der Waals surface area contributed by atoms with Crippen molar-refractivity contribution in [3.63, 3.8) is 0 Å². The summed E-state index contributed by atoms with van der Waals surface area (Å²) >= 11 is 4.35. The number of nitrogens with zero attached hydrogens (tertiary/aromatic N) is 1. The fraction of sp³-hybridized carbons (Fsp3) is 0.143. The van der Waals surface area contributed by atoms with E-state index in [0.29, 0.717) is 14.2 Å². The molecular formula is C7H4BrNO2S. The second-order valence-electron chi connectivity index (χ2n) is 1.90. The van der Waals surface area contributed by atoms with E-state index in [1.54, 1.807) is 0 Å². The summed E-state index contributed by atoms with van der Waals surface area (Å²) in [7, 11) is 1.31. The Labute approximate surface area is 81.7 Å². The van der Waals surface area contributed by atoms with E-state index in [1.807, 2.05) is 6.07 Å². The van der Waals surface area contributed by atoms with Gasteiger partial charge in [0.2, 0.25) is 0 Å². The number of hydrogen-bond acceptors (Lipinski definition) is 4. The lowest BCUT2D eigenvalue weighted by Gasteiger charge is -1.90. The molecule has 0 radical (unpaired) electrons. The van der Waals surface area contributed by atoms with Gasteiger partial charge in [-0.15, -0.1) is 11.3 Å². The van der Waals surface area contributed by atoms with E-state index in [4.69, 9.17) is 5.26 Å². The van der Waals surface area contributed by atoms with Crippen molar-refractivity contribution < 1.29 is 9.53 Å². The van der Waals surface area contributed by atoms with Crippen LogP contribution in [0.15, 0.2) is 9.85 Å². The van der Waals surface area contributed by atoms with Crippen LogP contribution in [0.2, 0.25) is 0 Å². The van der Waals surface area contributed by atoms with Crippen LogP contribution in [-0.4, -0.2) is 13.1 Å². The lowest BCUT2D eigenvalue weighted by molar-refractivity contribution is 0.0606. The Bertz CT molecular complexity index is 353. The zero-order chi connectivity index (χ0) is 9.14. The summed E-state index contributed by atoms with van der Waals surface area (Å²) in [5.41, 5.74) is 0.459. The van der Waals surface area contributed by atoms with Crippen LogP contribution >= 0.6 is 27.3 Å². The third-order valence-corrected chi connectivity index (χ3v) is 3.01. The minimum absolute atomic E-state index is 0.415. The van der Waals surface area contributed by atoms with E-state index < -0.39 is 5.97 Å². The molecule has 12 heavy (non-hydrogen) atoms. The summed E-state index contributed by atoms with van der Waals surface area (Å²) in [6.45, 7) is 0. The van der Waals surface area contributed by atoms with E-state index in [-0.39, 0.29) is 0 Å². The second-order valence-corrected chi connectivity index (χ2v) is 4.27. The molecule has 0 aliphatic rings. The van der Waals surface area contributed by atoms with Gasteiger partial charge < -0.3 is 4.74 Å². The van der Waals surface area contributed by atoms with Gasteiger partial charge in [-0.25, -0.2) is 4.79 Å². The van der Waals surface area contributed by atoms with Gasteiger partial charge in [-0.2, -0.15) is 5.26 Å². The first kappa shape index (κ1) is 9.23. The molecule has 0 saturated carbocycles. The summed E-state index contributed by atoms with van der Waals surface area (Å²) in [5.74, 6) is -0.415. The first-order chi connectivity index (χ1) is 5.69. The summed E-state index contributed by atoms with van der Waals surface area (Å²) in [6.07, 6.45) is 0. The SMILES string of the molecule is COC(=O)c1cc(C#N)c(Br)s1. The van der Waals surface area contributed by atoms with Gasteiger partial charge in [0, 0.05) is 0 Å². The number of nitriles is 1. The third kappa shape index (κ3) is 1.65. The molecule has 3 nitrogen and oxygen atoms in total. The van der Waals surface area contributed by atoms with Crippen molar-refractivity contribution >= 4 is 33.2 Å². The molecule has 0 aliphatic heterocycles. The normalized spacial score (nSPS) is 9.08. The predicted molar refractivity (Wildman–Crippen MR) is 48.1 cm³/mol. The van der Waals surface area contributed by atoms with Crippen LogP contribution in [-0.2, 0) is 4.74 Å². The number of carbonyl (C=O) groups excluding carboxylic acids is 1. The summed E-state index contributed by atoms with van der Waals surface area (Å²) in [5, 5.41) is 8.56. The largest absolute Gasteiger partial charge is 0.465 e. The highest BCUT2D eigenvalue weighted by Crippen LogP contribution is 2.27. The molecular weight excluding hydrogens is 242 g/mol. The van der Waals surface area contributed by atoms with Crippen molar-refractivity contribution in [2.45, 2.75) is 0 Å². The van der Waals surface area contributed by atoms with Crippen molar-refractivity contribution in [3.05, 3.63) is 20.3 Å². The van der Waals surface area contributed by atoms with Crippen LogP contribution in [0, 0.1) is 11.3 Å². The average Bonchev–Trinajstić information content (AvgIpc) is 2.45. The van der Waals surface area contributed by atoms with E-state index in [2.05, 4.69) is 20.7 Å². The average molecular weight is 246 g/mol. The van der Waals surface area contributed by atoms with Crippen LogP contribution in [0.5, 0.6) is 0 Å². The highest BCUT2D eigenvalue weighted by atomic mass is 79.9. The molecule has 0 atom stereocenters. The molecule has 1 heterocycles. The molecule has 62 valence electrons. The van der Waals surface area contributed by atoms with Gasteiger partial charge in [0.25, 0.3) is 0 Å². The maximum atomic E-state index is 11.0. The minimum Gasteiger partial charge on any atom is -0.465 e. The molecule has 0 amide bonds. The van der Waals surface area contributed by atoms with Gasteiger partial charge in [0.1, 0.15) is 10.9 Å². The Hall–Kier alpha value is -0.860. The third-order valence-electron chi connectivity index (χ3n) is 1.19. The van der Waals surface area contributed by atoms with E-state index in [0.717, 1.165) is 0 Å². The van der Waals surface area contributed by atoms with Gasteiger partial charge in [-0.1, -0.05) is 0 Å². The Kier molecular flexibility index (Phi) is 2.84. The molecule has 0 aromatic carbocycles. The number of halogens is 1. The number of methoxy groups -OCH3 is 1. The van der Waals surface area contributed by atoms with Gasteiger partial charge in [0.05, 0.1) is 16.5 Å². The maximum Gasteiger partial charge on any atom is 0.348 e. The predicted octanol–water partition coefficient (Wildman–Crippen LogP) is 2.17. The molecule has 5 heteroatoms. The minimum atomic E-state index is -0.415. The second kappa shape index (κ2) is 3.70. The Morgan fingerprint density at radius 3 is 2.92 bits per heavy atom. The van der Waals surface area contributed by atoms with Gasteiger partial charge in [-0.05, 0) is 22.0 Å². The van der Waals surface area contributed by atoms with Crippen LogP contribution in [0.1, 0.15) is 15.2 Å². The van der Waals surface area contributed by atoms with Gasteiger partial charge >= 0.3 is 5.97 Å². The quantitative estimate of drug-likeness (QED) is 0.713. The van der Waals surface area contributed by atoms with Crippen molar-refractivity contribution in [2.75, 3.05) is 7.11 Å². The molecule has 0 aliphatic carbocycles. The smallest absolute Gasteiger partial charge is 0.348 e. The first-order valence-electron chi connectivity index (χ1n) is 2.96. The monoisotopic (exact) mass is 245 g/mol. The molecule has 0 bridgehead atoms. The Morgan fingerprint density at radius 1 is 1.83 bits per heavy atom. The van der Waals surface area contributed by atoms with Crippen LogP contribution in [0.4, 0.5) is 0 Å². The zero-order valence-electron chi connectivity index (χ0n) is 6.13. The van der Waals surface area contributed by atoms with Crippen molar-refractivity contribution in [3.8, 4) is 6.07 Å². The van der Waals surface area contributed by atoms with E-state index >= 15 is 0 Å². The summed E-state index contributed by atoms with van der Waals surface area (Å²) in [4.78, 5) is 11.4. The summed E-state index contributed by atoms with van der Waals surface area (Å²) < 4.78 is 5.15. The van der Waals surface area contributed by atoms with Gasteiger partial charge in [-0.3, -0.25) is 0 Å². The molecule has 1 aromatic heterocycles. The van der Waals surface area contributed by atoms with Crippen LogP contribution in [0.25, 0.3) is 0 Å². The first-order valence-corrected chi connectivity index (χ1v) is 4.57. The summed E-state index contributed by atoms with van der Waals surface area (Å²) in [6, 6.07) is 3.45. The molecule has 0 unspecified atom stereocenters. The molecule has 0 N–H and O–H groups in total. The van der Waals surface area contributed by atoms with Gasteiger partial charge in [0.15, 0.2) is 0 Å². The maximum absolute atomic E-state index is 11.0. The molecule has 1 rings (SSSR count). The lowest BCUT2D eigenvalue weighted by Crippen LogP contribution is -1.96. The van der Waals surface area contributed by atoms with Crippen molar-refractivity contribution in [1.29, 1.82) is 5.26 Å². The number of ether oxygens (including phenoxy) is 1.